The number of hydrogen-bond donors (Lipinski definition) is 1. The molecule has 70 valence electrons. The standard InChI is InChI=1S/C8H14ClNO2/c1-6(2)8(12)10-5-3-4-7(9)11/h6H,3-5H2,1-2H3,(H,10,12). The molecule has 0 aliphatic rings. The second-order valence-corrected chi connectivity index (χ2v) is 3.33. The van der Waals surface area contributed by atoms with Crippen LogP contribution in [0.3, 0.4) is 0 Å². The van der Waals surface area contributed by atoms with Crippen LogP contribution < -0.4 is 5.32 Å². The van der Waals surface area contributed by atoms with Gasteiger partial charge in [-0.2, -0.15) is 0 Å². The predicted molar refractivity (Wildman–Crippen MR) is 47.9 cm³/mol. The Morgan fingerprint density at radius 3 is 2.42 bits per heavy atom. The lowest BCUT2D eigenvalue weighted by molar-refractivity contribution is -0.124. The van der Waals surface area contributed by atoms with Crippen molar-refractivity contribution in [3.63, 3.8) is 0 Å². The molecule has 0 aliphatic heterocycles. The summed E-state index contributed by atoms with van der Waals surface area (Å²) < 4.78 is 0. The molecular formula is C8H14ClNO2. The fraction of sp³-hybridized carbons (Fsp3) is 0.750. The van der Waals surface area contributed by atoms with Crippen molar-refractivity contribution in [2.75, 3.05) is 6.54 Å². The molecule has 0 aromatic heterocycles. The van der Waals surface area contributed by atoms with E-state index in [0.717, 1.165) is 0 Å². The first-order chi connectivity index (χ1) is 5.54. The van der Waals surface area contributed by atoms with Crippen LogP contribution in [0.25, 0.3) is 0 Å². The number of carbonyl (C=O) groups is 2. The van der Waals surface area contributed by atoms with Gasteiger partial charge in [-0.15, -0.1) is 0 Å². The molecule has 0 rings (SSSR count). The molecule has 0 aromatic rings. The van der Waals surface area contributed by atoms with E-state index in [0.29, 0.717) is 19.4 Å². The van der Waals surface area contributed by atoms with E-state index in [1.165, 1.54) is 0 Å². The normalized spacial score (nSPS) is 10.0. The topological polar surface area (TPSA) is 46.2 Å². The van der Waals surface area contributed by atoms with Crippen molar-refractivity contribution in [2.24, 2.45) is 5.92 Å². The monoisotopic (exact) mass is 191 g/mol. The van der Waals surface area contributed by atoms with Gasteiger partial charge < -0.3 is 5.32 Å². The molecule has 0 aliphatic carbocycles. The summed E-state index contributed by atoms with van der Waals surface area (Å²) in [6.45, 7) is 4.17. The maximum absolute atomic E-state index is 11.0. The Balaban J connectivity index is 3.32. The van der Waals surface area contributed by atoms with E-state index in [4.69, 9.17) is 11.6 Å². The summed E-state index contributed by atoms with van der Waals surface area (Å²) in [4.78, 5) is 21.2. The maximum atomic E-state index is 11.0. The van der Waals surface area contributed by atoms with Crippen molar-refractivity contribution in [1.82, 2.24) is 5.32 Å². The second-order valence-electron chi connectivity index (χ2n) is 2.90. The Kier molecular flexibility index (Phi) is 5.72. The Hall–Kier alpha value is -0.570. The smallest absolute Gasteiger partial charge is 0.222 e. The molecule has 12 heavy (non-hydrogen) atoms. The fourth-order valence-corrected chi connectivity index (χ4v) is 0.777. The lowest BCUT2D eigenvalue weighted by atomic mass is 10.2. The molecule has 4 heteroatoms. The van der Waals surface area contributed by atoms with E-state index >= 15 is 0 Å². The first-order valence-electron chi connectivity index (χ1n) is 4.00. The number of amides is 1. The SMILES string of the molecule is CC(C)C(=O)NCCCC(=O)Cl. The summed E-state index contributed by atoms with van der Waals surface area (Å²) in [7, 11) is 0. The molecule has 0 atom stereocenters. The van der Waals surface area contributed by atoms with E-state index in [9.17, 15) is 9.59 Å². The quantitative estimate of drug-likeness (QED) is 0.526. The van der Waals surface area contributed by atoms with Gasteiger partial charge in [0.2, 0.25) is 11.1 Å². The summed E-state index contributed by atoms with van der Waals surface area (Å²) in [5, 5.41) is 2.33. The third kappa shape index (κ3) is 6.16. The van der Waals surface area contributed by atoms with Gasteiger partial charge in [-0.05, 0) is 18.0 Å². The van der Waals surface area contributed by atoms with Crippen LogP contribution in [-0.2, 0) is 9.59 Å². The minimum absolute atomic E-state index is 0.00305. The molecule has 0 radical (unpaired) electrons. The fourth-order valence-electron chi connectivity index (χ4n) is 0.643. The molecule has 0 aromatic carbocycles. The Morgan fingerprint density at radius 1 is 1.42 bits per heavy atom. The third-order valence-electron chi connectivity index (χ3n) is 1.37. The van der Waals surface area contributed by atoms with Crippen LogP contribution in [0, 0.1) is 5.92 Å². The van der Waals surface area contributed by atoms with Crippen molar-refractivity contribution < 1.29 is 9.59 Å². The van der Waals surface area contributed by atoms with Crippen molar-refractivity contribution >= 4 is 22.8 Å². The minimum atomic E-state index is -0.353. The zero-order valence-corrected chi connectivity index (χ0v) is 8.15. The molecule has 0 saturated carbocycles. The van der Waals surface area contributed by atoms with E-state index in [1.807, 2.05) is 13.8 Å². The molecule has 1 amide bonds. The van der Waals surface area contributed by atoms with Crippen molar-refractivity contribution in [3.05, 3.63) is 0 Å². The van der Waals surface area contributed by atoms with Gasteiger partial charge in [-0.3, -0.25) is 9.59 Å². The summed E-state index contributed by atoms with van der Waals surface area (Å²) in [5.74, 6) is 0.00808. The first kappa shape index (κ1) is 11.4. The average Bonchev–Trinajstić information content (AvgIpc) is 1.97. The molecule has 0 spiro atoms. The summed E-state index contributed by atoms with van der Waals surface area (Å²) in [6, 6.07) is 0. The zero-order valence-electron chi connectivity index (χ0n) is 7.39. The van der Waals surface area contributed by atoms with E-state index in [-0.39, 0.29) is 17.1 Å². The van der Waals surface area contributed by atoms with Crippen LogP contribution in [0.4, 0.5) is 0 Å². The molecule has 1 N–H and O–H groups in total. The molecule has 0 bridgehead atoms. The van der Waals surface area contributed by atoms with Crippen LogP contribution in [0.1, 0.15) is 26.7 Å². The number of hydrogen-bond acceptors (Lipinski definition) is 2. The van der Waals surface area contributed by atoms with E-state index in [2.05, 4.69) is 5.32 Å². The number of rotatable bonds is 5. The highest BCUT2D eigenvalue weighted by Crippen LogP contribution is 1.94. The van der Waals surface area contributed by atoms with Crippen LogP contribution in [0.15, 0.2) is 0 Å². The highest BCUT2D eigenvalue weighted by Gasteiger charge is 2.05. The number of halogens is 1. The molecule has 0 heterocycles. The van der Waals surface area contributed by atoms with Crippen molar-refractivity contribution in [3.8, 4) is 0 Å². The van der Waals surface area contributed by atoms with Gasteiger partial charge in [0.05, 0.1) is 0 Å². The minimum Gasteiger partial charge on any atom is -0.356 e. The zero-order chi connectivity index (χ0) is 9.56. The largest absolute Gasteiger partial charge is 0.356 e. The molecule has 3 nitrogen and oxygen atoms in total. The molecule has 0 saturated heterocycles. The summed E-state index contributed by atoms with van der Waals surface area (Å²) >= 11 is 5.10. The Labute approximate surface area is 77.5 Å². The third-order valence-corrected chi connectivity index (χ3v) is 1.56. The summed E-state index contributed by atoms with van der Waals surface area (Å²) in [6.07, 6.45) is 0.931. The van der Waals surface area contributed by atoms with Crippen LogP contribution >= 0.6 is 11.6 Å². The average molecular weight is 192 g/mol. The number of carbonyl (C=O) groups excluding carboxylic acids is 2. The highest BCUT2D eigenvalue weighted by atomic mass is 35.5. The second kappa shape index (κ2) is 6.00. The molecule has 0 fully saturated rings. The Morgan fingerprint density at radius 2 is 2.00 bits per heavy atom. The van der Waals surface area contributed by atoms with Crippen LogP contribution in [0.2, 0.25) is 0 Å². The van der Waals surface area contributed by atoms with Gasteiger partial charge in [0, 0.05) is 18.9 Å². The number of nitrogens with one attached hydrogen (secondary N) is 1. The highest BCUT2D eigenvalue weighted by molar-refractivity contribution is 6.63. The van der Waals surface area contributed by atoms with Crippen molar-refractivity contribution in [1.29, 1.82) is 0 Å². The maximum Gasteiger partial charge on any atom is 0.222 e. The van der Waals surface area contributed by atoms with Gasteiger partial charge in [0.15, 0.2) is 0 Å². The first-order valence-corrected chi connectivity index (χ1v) is 4.38. The van der Waals surface area contributed by atoms with Gasteiger partial charge in [-0.25, -0.2) is 0 Å². The van der Waals surface area contributed by atoms with Gasteiger partial charge in [0.25, 0.3) is 0 Å². The lowest BCUT2D eigenvalue weighted by Gasteiger charge is -2.05. The van der Waals surface area contributed by atoms with E-state index in [1.54, 1.807) is 0 Å². The Bertz CT molecular complexity index is 168. The van der Waals surface area contributed by atoms with E-state index < -0.39 is 0 Å². The van der Waals surface area contributed by atoms with Crippen molar-refractivity contribution in [2.45, 2.75) is 26.7 Å². The van der Waals surface area contributed by atoms with Gasteiger partial charge in [-0.1, -0.05) is 13.8 Å². The van der Waals surface area contributed by atoms with Gasteiger partial charge >= 0.3 is 0 Å². The summed E-state index contributed by atoms with van der Waals surface area (Å²) in [5.41, 5.74) is 0. The van der Waals surface area contributed by atoms with Crippen LogP contribution in [0.5, 0.6) is 0 Å². The van der Waals surface area contributed by atoms with Gasteiger partial charge in [0.1, 0.15) is 0 Å². The van der Waals surface area contributed by atoms with Crippen LogP contribution in [-0.4, -0.2) is 17.7 Å². The predicted octanol–water partition coefficient (Wildman–Crippen LogP) is 1.30. The molecule has 0 unspecified atom stereocenters. The lowest BCUT2D eigenvalue weighted by Crippen LogP contribution is -2.28. The molecular weight excluding hydrogens is 178 g/mol.